The summed E-state index contributed by atoms with van der Waals surface area (Å²) in [6, 6.07) is 13.2. The van der Waals surface area contributed by atoms with Crippen LogP contribution < -0.4 is 4.57 Å². The predicted molar refractivity (Wildman–Crippen MR) is 120 cm³/mol. The molecule has 146 valence electrons. The molecule has 0 atom stereocenters. The van der Waals surface area contributed by atoms with Crippen LogP contribution in [0.5, 0.6) is 0 Å². The maximum atomic E-state index is 4.72. The summed E-state index contributed by atoms with van der Waals surface area (Å²) in [5.74, 6) is 0.377. The molecule has 0 aliphatic rings. The molecule has 29 heavy (non-hydrogen) atoms. The first-order chi connectivity index (χ1) is 13.9. The van der Waals surface area contributed by atoms with E-state index in [-0.39, 0.29) is 0 Å². The molecule has 0 amide bonds. The second kappa shape index (κ2) is 7.40. The van der Waals surface area contributed by atoms with Crippen molar-refractivity contribution in [2.45, 2.75) is 40.5 Å². The van der Waals surface area contributed by atoms with E-state index in [4.69, 9.17) is 4.98 Å². The number of aromatic nitrogens is 3. The van der Waals surface area contributed by atoms with E-state index in [1.54, 1.807) is 0 Å². The summed E-state index contributed by atoms with van der Waals surface area (Å²) in [4.78, 5) is 9.35. The van der Waals surface area contributed by atoms with Crippen molar-refractivity contribution in [3.05, 3.63) is 77.4 Å². The standard InChI is InChI=1S/C26H28N3/c1-16(2)24-14-28-25(15-27-24)21-8-7-9-22-20(21)10-11-29(6)26(22)23-13-17(3)12-18(4)19(23)5/h7-16H,1-6H3/q+1. The number of pyridine rings is 1. The fourth-order valence-corrected chi connectivity index (χ4v) is 4.02. The van der Waals surface area contributed by atoms with E-state index in [1.807, 2.05) is 12.4 Å². The van der Waals surface area contributed by atoms with Crippen LogP contribution in [0.2, 0.25) is 0 Å². The van der Waals surface area contributed by atoms with Gasteiger partial charge < -0.3 is 0 Å². The minimum Gasteiger partial charge on any atom is -0.257 e. The molecular formula is C26H28N3+. The van der Waals surface area contributed by atoms with Crippen LogP contribution in [0.15, 0.2) is 55.0 Å². The highest BCUT2D eigenvalue weighted by Crippen LogP contribution is 2.34. The molecule has 0 saturated carbocycles. The highest BCUT2D eigenvalue weighted by atomic mass is 14.9. The van der Waals surface area contributed by atoms with Gasteiger partial charge in [-0.25, -0.2) is 4.57 Å². The summed E-state index contributed by atoms with van der Waals surface area (Å²) < 4.78 is 2.22. The third-order valence-electron chi connectivity index (χ3n) is 5.78. The molecule has 0 aliphatic carbocycles. The first-order valence-electron chi connectivity index (χ1n) is 10.2. The largest absolute Gasteiger partial charge is 0.257 e. The van der Waals surface area contributed by atoms with E-state index in [2.05, 4.69) is 93.8 Å². The Morgan fingerprint density at radius 2 is 1.66 bits per heavy atom. The molecular weight excluding hydrogens is 354 g/mol. The van der Waals surface area contributed by atoms with E-state index in [0.717, 1.165) is 17.0 Å². The van der Waals surface area contributed by atoms with E-state index in [0.29, 0.717) is 5.92 Å². The smallest absolute Gasteiger partial charge is 0.220 e. The highest BCUT2D eigenvalue weighted by molar-refractivity contribution is 6.01. The second-order valence-electron chi connectivity index (χ2n) is 8.28. The number of hydrogen-bond donors (Lipinski definition) is 0. The summed E-state index contributed by atoms with van der Waals surface area (Å²) in [6.45, 7) is 10.8. The lowest BCUT2D eigenvalue weighted by Crippen LogP contribution is -2.31. The average molecular weight is 383 g/mol. The molecule has 0 spiro atoms. The van der Waals surface area contributed by atoms with Gasteiger partial charge in [0.2, 0.25) is 5.69 Å². The van der Waals surface area contributed by atoms with Gasteiger partial charge in [-0.1, -0.05) is 37.6 Å². The van der Waals surface area contributed by atoms with Crippen molar-refractivity contribution in [1.29, 1.82) is 0 Å². The fraction of sp³-hybridized carbons (Fsp3) is 0.269. The monoisotopic (exact) mass is 382 g/mol. The number of rotatable bonds is 3. The van der Waals surface area contributed by atoms with Crippen molar-refractivity contribution in [2.24, 2.45) is 7.05 Å². The van der Waals surface area contributed by atoms with E-state index in [1.165, 1.54) is 38.7 Å². The van der Waals surface area contributed by atoms with Crippen molar-refractivity contribution in [2.75, 3.05) is 0 Å². The molecule has 2 aromatic heterocycles. The Morgan fingerprint density at radius 3 is 2.34 bits per heavy atom. The number of nitrogens with zero attached hydrogens (tertiary/aromatic N) is 3. The normalized spacial score (nSPS) is 11.4. The zero-order valence-corrected chi connectivity index (χ0v) is 18.1. The molecule has 4 rings (SSSR count). The zero-order valence-electron chi connectivity index (χ0n) is 18.1. The van der Waals surface area contributed by atoms with Gasteiger partial charge in [0.25, 0.3) is 0 Å². The number of aryl methyl sites for hydroxylation is 3. The average Bonchev–Trinajstić information content (AvgIpc) is 2.70. The van der Waals surface area contributed by atoms with Crippen LogP contribution in [-0.4, -0.2) is 9.97 Å². The Morgan fingerprint density at radius 1 is 0.862 bits per heavy atom. The van der Waals surface area contributed by atoms with E-state index >= 15 is 0 Å². The Bertz CT molecular complexity index is 1210. The van der Waals surface area contributed by atoms with E-state index in [9.17, 15) is 0 Å². The molecule has 0 bridgehead atoms. The minimum absolute atomic E-state index is 0.377. The van der Waals surface area contributed by atoms with Crippen LogP contribution in [0, 0.1) is 20.8 Å². The lowest BCUT2D eigenvalue weighted by atomic mass is 9.93. The lowest BCUT2D eigenvalue weighted by molar-refractivity contribution is -0.659. The van der Waals surface area contributed by atoms with Gasteiger partial charge >= 0.3 is 0 Å². The van der Waals surface area contributed by atoms with Gasteiger partial charge in [0.15, 0.2) is 6.20 Å². The van der Waals surface area contributed by atoms with Crippen LogP contribution in [0.4, 0.5) is 0 Å². The summed E-state index contributed by atoms with van der Waals surface area (Å²) in [7, 11) is 2.12. The molecule has 0 radical (unpaired) electrons. The van der Waals surface area contributed by atoms with Crippen LogP contribution >= 0.6 is 0 Å². The van der Waals surface area contributed by atoms with Crippen LogP contribution in [0.25, 0.3) is 33.3 Å². The molecule has 2 aromatic carbocycles. The molecule has 4 aromatic rings. The summed E-state index contributed by atoms with van der Waals surface area (Å²) in [5.41, 5.74) is 9.51. The zero-order chi connectivity index (χ0) is 20.7. The minimum atomic E-state index is 0.377. The predicted octanol–water partition coefficient (Wildman–Crippen LogP) is 5.84. The maximum Gasteiger partial charge on any atom is 0.220 e. The summed E-state index contributed by atoms with van der Waals surface area (Å²) in [5, 5.41) is 2.43. The third kappa shape index (κ3) is 3.42. The Hall–Kier alpha value is -3.07. The Balaban J connectivity index is 1.98. The molecule has 0 N–H and O–H groups in total. The van der Waals surface area contributed by atoms with Gasteiger partial charge in [-0.15, -0.1) is 0 Å². The summed E-state index contributed by atoms with van der Waals surface area (Å²) >= 11 is 0. The Labute approximate surface area is 173 Å². The van der Waals surface area contributed by atoms with Crippen molar-refractivity contribution in [3.63, 3.8) is 0 Å². The molecule has 0 unspecified atom stereocenters. The van der Waals surface area contributed by atoms with Crippen molar-refractivity contribution in [1.82, 2.24) is 9.97 Å². The van der Waals surface area contributed by atoms with Crippen molar-refractivity contribution < 1.29 is 4.57 Å². The van der Waals surface area contributed by atoms with E-state index < -0.39 is 0 Å². The number of fused-ring (bicyclic) bond motifs is 1. The topological polar surface area (TPSA) is 29.7 Å². The molecule has 0 aliphatic heterocycles. The number of benzene rings is 2. The Kier molecular flexibility index (Phi) is 4.91. The maximum absolute atomic E-state index is 4.72. The van der Waals surface area contributed by atoms with Gasteiger partial charge in [0, 0.05) is 23.2 Å². The first kappa shape index (κ1) is 19.3. The lowest BCUT2D eigenvalue weighted by Gasteiger charge is -2.13. The van der Waals surface area contributed by atoms with Gasteiger partial charge in [-0.2, -0.15) is 0 Å². The van der Waals surface area contributed by atoms with Crippen LogP contribution in [-0.2, 0) is 7.05 Å². The third-order valence-corrected chi connectivity index (χ3v) is 5.78. The quantitative estimate of drug-likeness (QED) is 0.417. The highest BCUT2D eigenvalue weighted by Gasteiger charge is 2.20. The molecule has 3 heteroatoms. The van der Waals surface area contributed by atoms with Crippen molar-refractivity contribution in [3.8, 4) is 22.5 Å². The van der Waals surface area contributed by atoms with Crippen molar-refractivity contribution >= 4 is 10.8 Å². The first-order valence-corrected chi connectivity index (χ1v) is 10.2. The van der Waals surface area contributed by atoms with Gasteiger partial charge in [-0.05, 0) is 49.9 Å². The van der Waals surface area contributed by atoms with Gasteiger partial charge in [0.05, 0.1) is 28.5 Å². The second-order valence-corrected chi connectivity index (χ2v) is 8.28. The van der Waals surface area contributed by atoms with Gasteiger partial charge in [-0.3, -0.25) is 9.97 Å². The fourth-order valence-electron chi connectivity index (χ4n) is 4.02. The molecule has 0 fully saturated rings. The van der Waals surface area contributed by atoms with Crippen LogP contribution in [0.1, 0.15) is 42.1 Å². The van der Waals surface area contributed by atoms with Gasteiger partial charge in [0.1, 0.15) is 7.05 Å². The molecule has 2 heterocycles. The molecule has 3 nitrogen and oxygen atoms in total. The van der Waals surface area contributed by atoms with Crippen LogP contribution in [0.3, 0.4) is 0 Å². The SMILES string of the molecule is Cc1cc(C)c(C)c(-c2c3cccc(-c4cnc(C(C)C)cn4)c3cc[n+]2C)c1. The number of hydrogen-bond acceptors (Lipinski definition) is 2. The summed E-state index contributed by atoms with van der Waals surface area (Å²) in [6.07, 6.45) is 5.95. The molecule has 0 saturated heterocycles.